The molecule has 0 aromatic heterocycles. The Balaban J connectivity index is 1.18. The Hall–Kier alpha value is -3.52. The molecule has 0 saturated carbocycles. The molecule has 6 rings (SSSR count). The molecule has 3 heterocycles. The van der Waals surface area contributed by atoms with E-state index in [0.29, 0.717) is 55.8 Å². The van der Waals surface area contributed by atoms with Gasteiger partial charge in [0.1, 0.15) is 17.2 Å². The van der Waals surface area contributed by atoms with Crippen LogP contribution in [0.2, 0.25) is 0 Å². The second-order valence-corrected chi connectivity index (χ2v) is 24.0. The van der Waals surface area contributed by atoms with Gasteiger partial charge in [0.05, 0.1) is 18.1 Å². The average Bonchev–Trinajstić information content (AvgIpc) is 3.16. The van der Waals surface area contributed by atoms with Crippen LogP contribution in [0.25, 0.3) is 0 Å². The molecule has 0 bridgehead atoms. The SMILES string of the molecule is CC1(C)CC(N=Cc2ccc(OP(=S)(Oc3ccc(C=NC4CC(C)(C)N([O])C(C)(C)C4)cc3)Oc3ccc(C=NC4CC(C)(C)N([O])C(C)(C)C4)cc3)cc2)CC(C)(C)N1[O]. The third-order valence-electron chi connectivity index (χ3n) is 12.3. The summed E-state index contributed by atoms with van der Waals surface area (Å²) < 4.78 is 19.3. The zero-order valence-corrected chi connectivity index (χ0v) is 40.3. The molecule has 3 saturated heterocycles. The Morgan fingerprint density at radius 3 is 0.823 bits per heavy atom. The number of hydroxylamine groups is 6. The van der Waals surface area contributed by atoms with Crippen LogP contribution in [0.4, 0.5) is 0 Å². The Bertz CT molecular complexity index is 1860. The number of rotatable bonds is 12. The second-order valence-electron chi connectivity index (χ2n) is 21.2. The summed E-state index contributed by atoms with van der Waals surface area (Å²) in [4.78, 5) is 14.6. The van der Waals surface area contributed by atoms with Gasteiger partial charge in [-0.2, -0.15) is 0 Å². The predicted octanol–water partition coefficient (Wildman–Crippen LogP) is 10.8. The highest BCUT2D eigenvalue weighted by Crippen LogP contribution is 2.50. The van der Waals surface area contributed by atoms with Gasteiger partial charge in [0.2, 0.25) is 0 Å². The fourth-order valence-electron chi connectivity index (χ4n) is 9.81. The zero-order valence-electron chi connectivity index (χ0n) is 38.6. The summed E-state index contributed by atoms with van der Waals surface area (Å²) in [6, 6.07) is 22.5. The molecule has 0 unspecified atom stereocenters. The Morgan fingerprint density at radius 1 is 0.435 bits per heavy atom. The molecular weight excluding hydrogens is 820 g/mol. The molecule has 3 aromatic rings. The van der Waals surface area contributed by atoms with E-state index in [0.717, 1.165) is 16.7 Å². The first-order valence-corrected chi connectivity index (χ1v) is 24.2. The maximum atomic E-state index is 12.8. The lowest BCUT2D eigenvalue weighted by Crippen LogP contribution is -2.59. The summed E-state index contributed by atoms with van der Waals surface area (Å²) >= 11 is 6.09. The van der Waals surface area contributed by atoms with Gasteiger partial charge in [0, 0.05) is 63.7 Å². The van der Waals surface area contributed by atoms with Crippen molar-refractivity contribution >= 4 is 37.2 Å². The molecule has 0 spiro atoms. The third kappa shape index (κ3) is 11.6. The van der Waals surface area contributed by atoms with Crippen LogP contribution in [0, 0.1) is 0 Å². The molecule has 14 heteroatoms. The monoisotopic (exact) mass is 885 g/mol. The highest BCUT2D eigenvalue weighted by molar-refractivity contribution is 8.08. The van der Waals surface area contributed by atoms with E-state index >= 15 is 0 Å². The fraction of sp³-hybridized carbons (Fsp3) is 0.562. The van der Waals surface area contributed by atoms with E-state index < -0.39 is 40.0 Å². The van der Waals surface area contributed by atoms with Crippen molar-refractivity contribution in [3.05, 3.63) is 89.5 Å². The van der Waals surface area contributed by atoms with Gasteiger partial charge in [-0.05, 0) is 211 Å². The lowest BCUT2D eigenvalue weighted by atomic mass is 9.79. The largest absolute Gasteiger partial charge is 0.490 e. The van der Waals surface area contributed by atoms with Gasteiger partial charge in [0.15, 0.2) is 0 Å². The van der Waals surface area contributed by atoms with Gasteiger partial charge in [-0.15, -0.1) is 30.8 Å². The first-order valence-electron chi connectivity index (χ1n) is 21.7. The van der Waals surface area contributed by atoms with E-state index in [4.69, 9.17) is 40.4 Å². The average molecular weight is 886 g/mol. The van der Waals surface area contributed by atoms with Crippen LogP contribution in [-0.4, -0.2) is 85.2 Å². The molecule has 0 aliphatic carbocycles. The summed E-state index contributed by atoms with van der Waals surface area (Å²) in [5, 5.41) is 42.2. The van der Waals surface area contributed by atoms with Crippen LogP contribution in [0.5, 0.6) is 17.2 Å². The standard InChI is InChI=1S/C48H66N6O6PS/c1-43(2)25-37(26-44(3,4)52(43)55)49-31-34-13-19-40(20-14-34)58-61(62,59-41-21-15-35(16-22-41)32-50-38-27-45(5,6)53(56)46(7,8)28-38)60-42-23-17-36(18-24-42)33-51-39-29-47(9,10)54(57)48(11,12)30-39/h13-24,31-33,37-39H,25-30H2,1-12H3. The highest BCUT2D eigenvalue weighted by Gasteiger charge is 2.48. The fourth-order valence-corrected chi connectivity index (χ4v) is 11.8. The van der Waals surface area contributed by atoms with Crippen molar-refractivity contribution in [2.75, 3.05) is 0 Å². The number of piperidine rings is 3. The summed E-state index contributed by atoms with van der Waals surface area (Å²) in [6.07, 6.45) is 9.60. The molecule has 0 atom stereocenters. The Labute approximate surface area is 374 Å². The van der Waals surface area contributed by atoms with Crippen LogP contribution in [0.3, 0.4) is 0 Å². The van der Waals surface area contributed by atoms with E-state index in [-0.39, 0.29) is 18.1 Å². The number of nitrogens with zero attached hydrogens (tertiary/aromatic N) is 6. The summed E-state index contributed by atoms with van der Waals surface area (Å²) in [5.41, 5.74) is -0.353. The van der Waals surface area contributed by atoms with Crippen LogP contribution in [-0.2, 0) is 27.4 Å². The molecule has 3 aliphatic rings. The van der Waals surface area contributed by atoms with Gasteiger partial charge in [0.25, 0.3) is 0 Å². The van der Waals surface area contributed by atoms with Gasteiger partial charge < -0.3 is 13.6 Å². The minimum Gasteiger partial charge on any atom is -0.407 e. The quantitative estimate of drug-likeness (QED) is 0.131. The highest BCUT2D eigenvalue weighted by atomic mass is 32.5. The van der Waals surface area contributed by atoms with Gasteiger partial charge >= 0.3 is 6.72 Å². The molecule has 12 nitrogen and oxygen atoms in total. The Morgan fingerprint density at radius 2 is 0.629 bits per heavy atom. The van der Waals surface area contributed by atoms with Gasteiger partial charge in [-0.1, -0.05) is 0 Å². The number of benzene rings is 3. The van der Waals surface area contributed by atoms with Crippen LogP contribution in [0.15, 0.2) is 87.8 Å². The molecular formula is C48H66N6O6PS. The molecule has 3 aliphatic heterocycles. The summed E-state index contributed by atoms with van der Waals surface area (Å²) in [7, 11) is 0. The lowest BCUT2D eigenvalue weighted by Gasteiger charge is -2.48. The number of hydrogen-bond donors (Lipinski definition) is 0. The van der Waals surface area contributed by atoms with E-state index in [2.05, 4.69) is 0 Å². The maximum absolute atomic E-state index is 12.8. The maximum Gasteiger partial charge on any atom is 0.490 e. The summed E-state index contributed by atoms with van der Waals surface area (Å²) in [5.74, 6) is 1.43. The third-order valence-corrected chi connectivity index (χ3v) is 14.3. The minimum absolute atomic E-state index is 0.0251. The van der Waals surface area contributed by atoms with Crippen LogP contribution >= 0.6 is 6.72 Å². The lowest BCUT2D eigenvalue weighted by molar-refractivity contribution is -0.288. The van der Waals surface area contributed by atoms with Crippen molar-refractivity contribution in [3.63, 3.8) is 0 Å². The first kappa shape index (κ1) is 47.9. The summed E-state index contributed by atoms with van der Waals surface area (Å²) in [6.45, 7) is 20.2. The van der Waals surface area contributed by atoms with E-state index in [9.17, 15) is 15.6 Å². The predicted molar refractivity (Wildman–Crippen MR) is 249 cm³/mol. The minimum atomic E-state index is -3.52. The van der Waals surface area contributed by atoms with Crippen molar-refractivity contribution in [1.82, 2.24) is 15.2 Å². The molecule has 3 aromatic carbocycles. The zero-order chi connectivity index (χ0) is 45.5. The molecule has 335 valence electrons. The molecule has 0 N–H and O–H groups in total. The number of hydrogen-bond acceptors (Lipinski definition) is 10. The van der Waals surface area contributed by atoms with Crippen LogP contribution < -0.4 is 13.6 Å². The van der Waals surface area contributed by atoms with Gasteiger partial charge in [-0.3, -0.25) is 15.0 Å². The second kappa shape index (κ2) is 17.8. The van der Waals surface area contributed by atoms with Crippen molar-refractivity contribution in [3.8, 4) is 17.2 Å². The number of aliphatic imine (C=N–C) groups is 3. The van der Waals surface area contributed by atoms with E-state index in [1.165, 1.54) is 15.2 Å². The first-order chi connectivity index (χ1) is 28.7. The smallest absolute Gasteiger partial charge is 0.407 e. The van der Waals surface area contributed by atoms with Crippen molar-refractivity contribution in [2.45, 2.75) is 173 Å². The molecule has 3 fully saturated rings. The molecule has 3 radical (unpaired) electrons. The Kier molecular flexibility index (Phi) is 13.8. The normalized spacial score (nSPS) is 24.4. The van der Waals surface area contributed by atoms with Crippen molar-refractivity contribution < 1.29 is 29.2 Å². The molecule has 62 heavy (non-hydrogen) atoms. The van der Waals surface area contributed by atoms with Gasteiger partial charge in [-0.25, -0.2) is 0 Å². The molecule has 0 amide bonds. The van der Waals surface area contributed by atoms with Crippen molar-refractivity contribution in [1.29, 1.82) is 0 Å². The van der Waals surface area contributed by atoms with E-state index in [1.807, 2.05) is 175 Å². The van der Waals surface area contributed by atoms with Crippen LogP contribution in [0.1, 0.15) is 138 Å². The topological polar surface area (TPSA) is 134 Å². The van der Waals surface area contributed by atoms with Crippen molar-refractivity contribution in [2.24, 2.45) is 15.0 Å². The van der Waals surface area contributed by atoms with E-state index in [1.54, 1.807) is 0 Å².